The van der Waals surface area contributed by atoms with Gasteiger partial charge < -0.3 is 10.6 Å². The van der Waals surface area contributed by atoms with Gasteiger partial charge in [-0.1, -0.05) is 0 Å². The van der Waals surface area contributed by atoms with Crippen molar-refractivity contribution in [3.63, 3.8) is 0 Å². The number of hydrogen-bond acceptors (Lipinski definition) is 2. The Morgan fingerprint density at radius 3 is 2.67 bits per heavy atom. The second kappa shape index (κ2) is 3.48. The molecule has 1 atom stereocenters. The zero-order valence-electron chi connectivity index (χ0n) is 9.22. The molecule has 3 rings (SSSR count). The first-order valence-electron chi connectivity index (χ1n) is 6.31. The van der Waals surface area contributed by atoms with Crippen molar-refractivity contribution in [2.75, 3.05) is 13.1 Å². The van der Waals surface area contributed by atoms with Crippen LogP contribution in [-0.4, -0.2) is 25.0 Å². The summed E-state index contributed by atoms with van der Waals surface area (Å²) in [5.74, 6) is 1.17. The topological polar surface area (TPSA) is 41.1 Å². The van der Waals surface area contributed by atoms with Crippen molar-refractivity contribution in [1.82, 2.24) is 10.6 Å². The summed E-state index contributed by atoms with van der Waals surface area (Å²) in [6.07, 6.45) is 7.65. The Bertz CT molecular complexity index is 263. The fourth-order valence-electron chi connectivity index (χ4n) is 2.88. The molecule has 0 aromatic heterocycles. The smallest absolute Gasteiger partial charge is 0.237 e. The predicted octanol–water partition coefficient (Wildman–Crippen LogP) is 1.04. The van der Waals surface area contributed by atoms with Crippen molar-refractivity contribution in [2.24, 2.45) is 11.3 Å². The van der Waals surface area contributed by atoms with Gasteiger partial charge in [0, 0.05) is 6.54 Å². The quantitative estimate of drug-likeness (QED) is 0.725. The number of hydrogen-bond donors (Lipinski definition) is 2. The minimum Gasteiger partial charge on any atom is -0.354 e. The van der Waals surface area contributed by atoms with E-state index < -0.39 is 0 Å². The number of carbonyl (C=O) groups excluding carboxylic acids is 1. The molecule has 0 bridgehead atoms. The Morgan fingerprint density at radius 2 is 2.13 bits per heavy atom. The van der Waals surface area contributed by atoms with E-state index in [4.69, 9.17) is 0 Å². The molecular weight excluding hydrogens is 188 g/mol. The van der Waals surface area contributed by atoms with Gasteiger partial charge in [0.1, 0.15) is 0 Å². The monoisotopic (exact) mass is 208 g/mol. The van der Waals surface area contributed by atoms with Gasteiger partial charge in [0.2, 0.25) is 5.91 Å². The fraction of sp³-hybridized carbons (Fsp3) is 0.917. The van der Waals surface area contributed by atoms with Crippen molar-refractivity contribution in [2.45, 2.75) is 44.6 Å². The first-order chi connectivity index (χ1) is 7.30. The van der Waals surface area contributed by atoms with Crippen molar-refractivity contribution in [1.29, 1.82) is 0 Å². The van der Waals surface area contributed by atoms with Gasteiger partial charge in [-0.2, -0.15) is 0 Å². The second-order valence-corrected chi connectivity index (χ2v) is 5.50. The van der Waals surface area contributed by atoms with Gasteiger partial charge in [0.15, 0.2) is 0 Å². The Morgan fingerprint density at radius 1 is 1.33 bits per heavy atom. The lowest BCUT2D eigenvalue weighted by Crippen LogP contribution is -2.42. The zero-order chi connectivity index (χ0) is 10.3. The van der Waals surface area contributed by atoms with Crippen molar-refractivity contribution >= 4 is 5.91 Å². The van der Waals surface area contributed by atoms with E-state index in [1.165, 1.54) is 25.7 Å². The number of carbonyl (C=O) groups is 1. The molecule has 0 unspecified atom stereocenters. The third-order valence-electron chi connectivity index (χ3n) is 4.33. The molecule has 1 amide bonds. The minimum atomic E-state index is 0.0972. The third kappa shape index (κ3) is 1.89. The fourth-order valence-corrected chi connectivity index (χ4v) is 2.88. The van der Waals surface area contributed by atoms with Crippen LogP contribution < -0.4 is 10.6 Å². The highest BCUT2D eigenvalue weighted by Gasteiger charge is 2.53. The van der Waals surface area contributed by atoms with Crippen LogP contribution in [0, 0.1) is 11.3 Å². The SMILES string of the molecule is O=C(NCC1(C2CC2)CC1)[C@H]1CCCN1. The first-order valence-corrected chi connectivity index (χ1v) is 6.31. The number of nitrogens with one attached hydrogen (secondary N) is 2. The van der Waals surface area contributed by atoms with E-state index >= 15 is 0 Å². The summed E-state index contributed by atoms with van der Waals surface area (Å²) in [4.78, 5) is 11.8. The van der Waals surface area contributed by atoms with Crippen LogP contribution in [0.4, 0.5) is 0 Å². The highest BCUT2D eigenvalue weighted by atomic mass is 16.2. The lowest BCUT2D eigenvalue weighted by atomic mass is 10.0. The summed E-state index contributed by atoms with van der Waals surface area (Å²) in [6, 6.07) is 0.0972. The highest BCUT2D eigenvalue weighted by Crippen LogP contribution is 2.60. The van der Waals surface area contributed by atoms with Crippen LogP contribution in [0.5, 0.6) is 0 Å². The Hall–Kier alpha value is -0.570. The summed E-state index contributed by atoms with van der Waals surface area (Å²) in [7, 11) is 0. The molecule has 0 spiro atoms. The molecule has 2 saturated carbocycles. The molecule has 3 nitrogen and oxygen atoms in total. The predicted molar refractivity (Wildman–Crippen MR) is 58.4 cm³/mol. The summed E-state index contributed by atoms with van der Waals surface area (Å²) in [6.45, 7) is 1.94. The molecule has 0 aromatic carbocycles. The first kappa shape index (κ1) is 9.64. The van der Waals surface area contributed by atoms with Crippen LogP contribution in [0.1, 0.15) is 38.5 Å². The van der Waals surface area contributed by atoms with Gasteiger partial charge in [0.25, 0.3) is 0 Å². The molecule has 2 aliphatic carbocycles. The van der Waals surface area contributed by atoms with Crippen molar-refractivity contribution in [3.05, 3.63) is 0 Å². The average Bonchev–Trinajstić information content (AvgIpc) is 3.14. The average molecular weight is 208 g/mol. The summed E-state index contributed by atoms with van der Waals surface area (Å²) < 4.78 is 0. The second-order valence-electron chi connectivity index (χ2n) is 5.50. The third-order valence-corrected chi connectivity index (χ3v) is 4.33. The summed E-state index contributed by atoms with van der Waals surface area (Å²) in [5, 5.41) is 6.39. The molecule has 3 heteroatoms. The van der Waals surface area contributed by atoms with E-state index in [1.54, 1.807) is 0 Å². The van der Waals surface area contributed by atoms with E-state index in [0.717, 1.165) is 31.8 Å². The Balaban J connectivity index is 1.47. The molecule has 0 radical (unpaired) electrons. The number of rotatable bonds is 4. The summed E-state index contributed by atoms with van der Waals surface area (Å²) >= 11 is 0. The van der Waals surface area contributed by atoms with Crippen molar-refractivity contribution in [3.8, 4) is 0 Å². The van der Waals surface area contributed by atoms with Crippen LogP contribution in [0.25, 0.3) is 0 Å². The van der Waals surface area contributed by atoms with Crippen LogP contribution in [-0.2, 0) is 4.79 Å². The van der Waals surface area contributed by atoms with Gasteiger partial charge in [0.05, 0.1) is 6.04 Å². The van der Waals surface area contributed by atoms with E-state index in [9.17, 15) is 4.79 Å². The lowest BCUT2D eigenvalue weighted by molar-refractivity contribution is -0.123. The molecule has 3 aliphatic rings. The largest absolute Gasteiger partial charge is 0.354 e. The van der Waals surface area contributed by atoms with E-state index in [1.807, 2.05) is 0 Å². The van der Waals surface area contributed by atoms with E-state index in [0.29, 0.717) is 5.41 Å². The lowest BCUT2D eigenvalue weighted by Gasteiger charge is -2.17. The maximum atomic E-state index is 11.8. The van der Waals surface area contributed by atoms with Gasteiger partial charge in [-0.25, -0.2) is 0 Å². The molecule has 84 valence electrons. The Kier molecular flexibility index (Phi) is 2.23. The summed E-state index contributed by atoms with van der Waals surface area (Å²) in [5.41, 5.74) is 0.536. The number of amides is 1. The van der Waals surface area contributed by atoms with Gasteiger partial charge >= 0.3 is 0 Å². The zero-order valence-corrected chi connectivity index (χ0v) is 9.22. The molecule has 15 heavy (non-hydrogen) atoms. The van der Waals surface area contributed by atoms with E-state index in [-0.39, 0.29) is 11.9 Å². The molecule has 3 fully saturated rings. The van der Waals surface area contributed by atoms with Crippen LogP contribution in [0.2, 0.25) is 0 Å². The van der Waals surface area contributed by atoms with Gasteiger partial charge in [-0.15, -0.1) is 0 Å². The van der Waals surface area contributed by atoms with Crippen LogP contribution in [0.3, 0.4) is 0 Å². The standard InChI is InChI=1S/C12H20N2O/c15-11(10-2-1-7-13-10)14-8-12(5-6-12)9-3-4-9/h9-10,13H,1-8H2,(H,14,15)/t10-/m1/s1. The molecule has 2 N–H and O–H groups in total. The normalized spacial score (nSPS) is 32.7. The molecular formula is C12H20N2O. The van der Waals surface area contributed by atoms with E-state index in [2.05, 4.69) is 10.6 Å². The van der Waals surface area contributed by atoms with Crippen molar-refractivity contribution < 1.29 is 4.79 Å². The maximum absolute atomic E-state index is 11.8. The van der Waals surface area contributed by atoms with Gasteiger partial charge in [-0.3, -0.25) is 4.79 Å². The minimum absolute atomic E-state index is 0.0972. The Labute approximate surface area is 91.0 Å². The molecule has 0 aromatic rings. The van der Waals surface area contributed by atoms with Crippen LogP contribution in [0.15, 0.2) is 0 Å². The molecule has 1 saturated heterocycles. The van der Waals surface area contributed by atoms with Crippen LogP contribution >= 0.6 is 0 Å². The van der Waals surface area contributed by atoms with Gasteiger partial charge in [-0.05, 0) is 56.4 Å². The molecule has 1 aliphatic heterocycles. The maximum Gasteiger partial charge on any atom is 0.237 e. The highest BCUT2D eigenvalue weighted by molar-refractivity contribution is 5.82. The molecule has 1 heterocycles.